The molecule has 0 spiro atoms. The molecule has 0 saturated heterocycles. The highest BCUT2D eigenvalue weighted by Crippen LogP contribution is 2.02. The van der Waals surface area contributed by atoms with Crippen LogP contribution in [-0.2, 0) is 9.53 Å². The number of rotatable bonds is 3. The van der Waals surface area contributed by atoms with E-state index in [-0.39, 0.29) is 0 Å². The van der Waals surface area contributed by atoms with Crippen molar-refractivity contribution in [3.8, 4) is 0 Å². The van der Waals surface area contributed by atoms with E-state index < -0.39 is 23.8 Å². The number of esters is 1. The SMILES string of the molecule is C[C@@H](O)[C@H](N)C(=O)OC(C)(C)N. The molecule has 0 rings (SSSR count). The third-order valence-corrected chi connectivity index (χ3v) is 1.16. The van der Waals surface area contributed by atoms with Gasteiger partial charge in [-0.15, -0.1) is 0 Å². The molecule has 0 radical (unpaired) electrons. The van der Waals surface area contributed by atoms with Crippen LogP contribution in [0.15, 0.2) is 0 Å². The lowest BCUT2D eigenvalue weighted by Crippen LogP contribution is -2.47. The molecular weight excluding hydrogens is 160 g/mol. The van der Waals surface area contributed by atoms with Gasteiger partial charge in [0.05, 0.1) is 6.10 Å². The Morgan fingerprint density at radius 2 is 2.00 bits per heavy atom. The molecule has 0 aliphatic rings. The number of carbonyl (C=O) groups excluding carboxylic acids is 1. The van der Waals surface area contributed by atoms with Crippen LogP contribution in [0.25, 0.3) is 0 Å². The van der Waals surface area contributed by atoms with Crippen molar-refractivity contribution in [2.45, 2.75) is 38.6 Å². The molecule has 0 aliphatic heterocycles. The zero-order valence-electron chi connectivity index (χ0n) is 7.57. The van der Waals surface area contributed by atoms with Crippen LogP contribution in [0.5, 0.6) is 0 Å². The van der Waals surface area contributed by atoms with Crippen molar-refractivity contribution in [3.63, 3.8) is 0 Å². The first-order chi connectivity index (χ1) is 5.24. The number of hydrogen-bond donors (Lipinski definition) is 3. The first-order valence-corrected chi connectivity index (χ1v) is 3.69. The molecule has 0 bridgehead atoms. The van der Waals surface area contributed by atoms with E-state index in [1.165, 1.54) is 20.8 Å². The lowest BCUT2D eigenvalue weighted by atomic mass is 10.2. The fraction of sp³-hybridized carbons (Fsp3) is 0.857. The number of aliphatic hydroxyl groups is 1. The molecule has 0 unspecified atom stereocenters. The van der Waals surface area contributed by atoms with E-state index in [2.05, 4.69) is 0 Å². The summed E-state index contributed by atoms with van der Waals surface area (Å²) in [7, 11) is 0. The van der Waals surface area contributed by atoms with Crippen LogP contribution in [-0.4, -0.2) is 28.9 Å². The second kappa shape index (κ2) is 3.84. The van der Waals surface area contributed by atoms with E-state index in [0.29, 0.717) is 0 Å². The van der Waals surface area contributed by atoms with Gasteiger partial charge in [-0.25, -0.2) is 0 Å². The predicted octanol–water partition coefficient (Wildman–Crippen LogP) is -1.07. The van der Waals surface area contributed by atoms with Crippen LogP contribution in [0.3, 0.4) is 0 Å². The lowest BCUT2D eigenvalue weighted by Gasteiger charge is -2.22. The highest BCUT2D eigenvalue weighted by Gasteiger charge is 2.25. The third-order valence-electron chi connectivity index (χ3n) is 1.16. The molecule has 0 aromatic carbocycles. The van der Waals surface area contributed by atoms with Gasteiger partial charge in [-0.05, 0) is 20.8 Å². The Morgan fingerprint density at radius 3 is 2.25 bits per heavy atom. The standard InChI is InChI=1S/C7H16N2O3/c1-4(10)5(8)6(11)12-7(2,3)9/h4-5,10H,8-9H2,1-3H3/t4-,5+/m1/s1. The molecule has 12 heavy (non-hydrogen) atoms. The molecule has 5 heteroatoms. The summed E-state index contributed by atoms with van der Waals surface area (Å²) in [6.45, 7) is 4.47. The molecule has 0 aliphatic carbocycles. The van der Waals surface area contributed by atoms with Crippen LogP contribution >= 0.6 is 0 Å². The van der Waals surface area contributed by atoms with Gasteiger partial charge in [-0.2, -0.15) is 0 Å². The van der Waals surface area contributed by atoms with E-state index in [1.54, 1.807) is 0 Å². The van der Waals surface area contributed by atoms with Crippen LogP contribution in [0.1, 0.15) is 20.8 Å². The summed E-state index contributed by atoms with van der Waals surface area (Å²) >= 11 is 0. The quantitative estimate of drug-likeness (QED) is 0.376. The van der Waals surface area contributed by atoms with Crippen molar-refractivity contribution in [2.75, 3.05) is 0 Å². The maximum absolute atomic E-state index is 11.0. The van der Waals surface area contributed by atoms with Crippen molar-refractivity contribution in [2.24, 2.45) is 11.5 Å². The molecule has 0 aromatic heterocycles. The smallest absolute Gasteiger partial charge is 0.327 e. The maximum atomic E-state index is 11.0. The van der Waals surface area contributed by atoms with Gasteiger partial charge >= 0.3 is 5.97 Å². The number of aliphatic hydroxyl groups excluding tert-OH is 1. The van der Waals surface area contributed by atoms with Gasteiger partial charge in [0.2, 0.25) is 0 Å². The molecule has 72 valence electrons. The maximum Gasteiger partial charge on any atom is 0.327 e. The number of ether oxygens (including phenoxy) is 1. The Labute approximate surface area is 71.7 Å². The number of carbonyl (C=O) groups is 1. The Balaban J connectivity index is 4.05. The van der Waals surface area contributed by atoms with Crippen molar-refractivity contribution in [3.05, 3.63) is 0 Å². The summed E-state index contributed by atoms with van der Waals surface area (Å²) < 4.78 is 4.71. The normalized spacial score (nSPS) is 16.8. The van der Waals surface area contributed by atoms with E-state index in [0.717, 1.165) is 0 Å². The average Bonchev–Trinajstić information content (AvgIpc) is 1.82. The lowest BCUT2D eigenvalue weighted by molar-refractivity contribution is -0.159. The molecule has 2 atom stereocenters. The molecule has 5 nitrogen and oxygen atoms in total. The second-order valence-corrected chi connectivity index (χ2v) is 3.29. The number of nitrogens with two attached hydrogens (primary N) is 2. The van der Waals surface area contributed by atoms with Crippen molar-refractivity contribution in [1.82, 2.24) is 0 Å². The molecule has 0 aromatic rings. The zero-order valence-corrected chi connectivity index (χ0v) is 7.57. The monoisotopic (exact) mass is 176 g/mol. The Bertz CT molecular complexity index is 163. The van der Waals surface area contributed by atoms with Gasteiger partial charge in [0.1, 0.15) is 6.04 Å². The summed E-state index contributed by atoms with van der Waals surface area (Å²) in [6, 6.07) is -1.03. The first kappa shape index (κ1) is 11.4. The summed E-state index contributed by atoms with van der Waals surface area (Å²) in [5.74, 6) is -0.697. The van der Waals surface area contributed by atoms with Crippen molar-refractivity contribution in [1.29, 1.82) is 0 Å². The summed E-state index contributed by atoms with van der Waals surface area (Å²) in [4.78, 5) is 11.0. The number of hydrogen-bond acceptors (Lipinski definition) is 5. The second-order valence-electron chi connectivity index (χ2n) is 3.29. The molecule has 0 heterocycles. The largest absolute Gasteiger partial charge is 0.444 e. The van der Waals surface area contributed by atoms with E-state index in [9.17, 15) is 4.79 Å². The summed E-state index contributed by atoms with van der Waals surface area (Å²) in [5.41, 5.74) is 9.63. The van der Waals surface area contributed by atoms with Crippen LogP contribution in [0, 0.1) is 0 Å². The molecular formula is C7H16N2O3. The molecule has 0 fully saturated rings. The minimum Gasteiger partial charge on any atom is -0.444 e. The average molecular weight is 176 g/mol. The molecule has 5 N–H and O–H groups in total. The molecule has 0 saturated carbocycles. The van der Waals surface area contributed by atoms with Gasteiger partial charge in [-0.1, -0.05) is 0 Å². The van der Waals surface area contributed by atoms with Crippen LogP contribution in [0.4, 0.5) is 0 Å². The van der Waals surface area contributed by atoms with E-state index >= 15 is 0 Å². The topological polar surface area (TPSA) is 98.6 Å². The fourth-order valence-electron chi connectivity index (χ4n) is 0.524. The van der Waals surface area contributed by atoms with E-state index in [1.807, 2.05) is 0 Å². The highest BCUT2D eigenvalue weighted by atomic mass is 16.6. The van der Waals surface area contributed by atoms with Crippen LogP contribution in [0.2, 0.25) is 0 Å². The fourth-order valence-corrected chi connectivity index (χ4v) is 0.524. The van der Waals surface area contributed by atoms with Gasteiger partial charge in [-0.3, -0.25) is 10.5 Å². The van der Waals surface area contributed by atoms with Gasteiger partial charge in [0.25, 0.3) is 0 Å². The Hall–Kier alpha value is -0.650. The Kier molecular flexibility index (Phi) is 3.63. The minimum absolute atomic E-state index is 0.697. The summed E-state index contributed by atoms with van der Waals surface area (Å²) in [5, 5.41) is 8.92. The first-order valence-electron chi connectivity index (χ1n) is 3.69. The predicted molar refractivity (Wildman–Crippen MR) is 44.0 cm³/mol. The Morgan fingerprint density at radius 1 is 1.58 bits per heavy atom. The highest BCUT2D eigenvalue weighted by molar-refractivity contribution is 5.76. The zero-order chi connectivity index (χ0) is 9.94. The van der Waals surface area contributed by atoms with Gasteiger partial charge < -0.3 is 15.6 Å². The molecule has 0 amide bonds. The van der Waals surface area contributed by atoms with Gasteiger partial charge in [0, 0.05) is 0 Å². The third kappa shape index (κ3) is 4.27. The summed E-state index contributed by atoms with van der Waals surface area (Å²) in [6.07, 6.45) is -0.931. The van der Waals surface area contributed by atoms with Crippen molar-refractivity contribution >= 4 is 5.97 Å². The van der Waals surface area contributed by atoms with Crippen molar-refractivity contribution < 1.29 is 14.6 Å². The van der Waals surface area contributed by atoms with E-state index in [4.69, 9.17) is 21.3 Å². The van der Waals surface area contributed by atoms with Gasteiger partial charge in [0.15, 0.2) is 5.72 Å². The minimum atomic E-state index is -1.05. The van der Waals surface area contributed by atoms with Crippen LogP contribution < -0.4 is 11.5 Å².